The van der Waals surface area contributed by atoms with Crippen molar-refractivity contribution in [3.8, 4) is 11.5 Å². The van der Waals surface area contributed by atoms with E-state index in [-0.39, 0.29) is 17.7 Å². The molecule has 6 nitrogen and oxygen atoms in total. The minimum Gasteiger partial charge on any atom is -0.461 e. The second-order valence-corrected chi connectivity index (χ2v) is 4.87. The lowest BCUT2D eigenvalue weighted by Gasteiger charge is -2.19. The van der Waals surface area contributed by atoms with Gasteiger partial charge in [0.15, 0.2) is 11.5 Å². The quantitative estimate of drug-likeness (QED) is 0.856. The van der Waals surface area contributed by atoms with E-state index < -0.39 is 0 Å². The van der Waals surface area contributed by atoms with Gasteiger partial charge in [0, 0.05) is 26.3 Å². The van der Waals surface area contributed by atoms with E-state index in [2.05, 4.69) is 5.16 Å². The monoisotopic (exact) mass is 276 g/mol. The van der Waals surface area contributed by atoms with Crippen molar-refractivity contribution in [1.82, 2.24) is 10.1 Å². The smallest absolute Gasteiger partial charge is 0.275 e. The van der Waals surface area contributed by atoms with Gasteiger partial charge >= 0.3 is 0 Å². The Morgan fingerprint density at radius 3 is 3.10 bits per heavy atom. The largest absolute Gasteiger partial charge is 0.461 e. The van der Waals surface area contributed by atoms with Crippen LogP contribution in [0.4, 0.5) is 0 Å². The summed E-state index contributed by atoms with van der Waals surface area (Å²) in [7, 11) is 1.74. The van der Waals surface area contributed by atoms with Gasteiger partial charge in [0.2, 0.25) is 5.76 Å². The molecular formula is C14H16N2O4. The summed E-state index contributed by atoms with van der Waals surface area (Å²) in [5.41, 5.74) is 0.275. The molecule has 106 valence electrons. The number of carbonyl (C=O) groups excluding carboxylic acids is 1. The normalized spacial score (nSPS) is 18.4. The Morgan fingerprint density at radius 1 is 1.50 bits per heavy atom. The van der Waals surface area contributed by atoms with Gasteiger partial charge in [0.05, 0.1) is 12.4 Å². The van der Waals surface area contributed by atoms with E-state index in [9.17, 15) is 4.79 Å². The van der Waals surface area contributed by atoms with Crippen LogP contribution in [0.5, 0.6) is 0 Å². The number of rotatable bonds is 4. The van der Waals surface area contributed by atoms with E-state index in [1.54, 1.807) is 36.4 Å². The molecule has 2 aromatic rings. The lowest BCUT2D eigenvalue weighted by atomic mass is 10.2. The highest BCUT2D eigenvalue weighted by Gasteiger charge is 2.23. The Morgan fingerprint density at radius 2 is 2.40 bits per heavy atom. The van der Waals surface area contributed by atoms with Crippen molar-refractivity contribution in [2.24, 2.45) is 0 Å². The first kappa shape index (κ1) is 12.9. The number of furan rings is 1. The van der Waals surface area contributed by atoms with Crippen LogP contribution >= 0.6 is 0 Å². The van der Waals surface area contributed by atoms with E-state index in [0.29, 0.717) is 18.1 Å². The molecule has 0 aromatic carbocycles. The second-order valence-electron chi connectivity index (χ2n) is 4.87. The Labute approximate surface area is 116 Å². The van der Waals surface area contributed by atoms with Crippen LogP contribution in [-0.4, -0.2) is 42.3 Å². The van der Waals surface area contributed by atoms with Crippen molar-refractivity contribution in [3.63, 3.8) is 0 Å². The molecule has 2 aromatic heterocycles. The molecule has 3 rings (SSSR count). The number of hydrogen-bond donors (Lipinski definition) is 0. The number of nitrogens with zero attached hydrogens (tertiary/aromatic N) is 2. The molecule has 0 aliphatic carbocycles. The van der Waals surface area contributed by atoms with Crippen LogP contribution < -0.4 is 0 Å². The summed E-state index contributed by atoms with van der Waals surface area (Å²) < 4.78 is 15.9. The van der Waals surface area contributed by atoms with E-state index >= 15 is 0 Å². The molecule has 1 atom stereocenters. The van der Waals surface area contributed by atoms with Crippen molar-refractivity contribution < 1.29 is 18.5 Å². The van der Waals surface area contributed by atoms with Gasteiger partial charge in [-0.3, -0.25) is 4.79 Å². The minimum atomic E-state index is -0.179. The van der Waals surface area contributed by atoms with Gasteiger partial charge in [-0.1, -0.05) is 5.16 Å². The molecule has 1 aliphatic heterocycles. The highest BCUT2D eigenvalue weighted by Crippen LogP contribution is 2.21. The zero-order chi connectivity index (χ0) is 13.9. The number of amides is 1. The van der Waals surface area contributed by atoms with Crippen molar-refractivity contribution in [2.75, 3.05) is 20.2 Å². The van der Waals surface area contributed by atoms with Crippen LogP contribution in [0.1, 0.15) is 23.3 Å². The van der Waals surface area contributed by atoms with Crippen molar-refractivity contribution >= 4 is 5.91 Å². The molecule has 0 radical (unpaired) electrons. The van der Waals surface area contributed by atoms with Gasteiger partial charge in [-0.25, -0.2) is 0 Å². The standard InChI is InChI=1S/C14H16N2O4/c1-16(9-10-4-2-6-18-10)14(17)11-8-13(20-15-11)12-5-3-7-19-12/h3,5,7-8,10H,2,4,6,9H2,1H3/t10-/m1/s1. The van der Waals surface area contributed by atoms with Crippen LogP contribution in [0, 0.1) is 0 Å². The van der Waals surface area contributed by atoms with E-state index in [4.69, 9.17) is 13.7 Å². The highest BCUT2D eigenvalue weighted by molar-refractivity contribution is 5.92. The first-order valence-electron chi connectivity index (χ1n) is 6.61. The summed E-state index contributed by atoms with van der Waals surface area (Å²) in [6.45, 7) is 1.35. The zero-order valence-electron chi connectivity index (χ0n) is 11.2. The first-order chi connectivity index (χ1) is 9.74. The van der Waals surface area contributed by atoms with Crippen LogP contribution in [-0.2, 0) is 4.74 Å². The molecule has 20 heavy (non-hydrogen) atoms. The SMILES string of the molecule is CN(C[C@H]1CCCO1)C(=O)c1cc(-c2ccco2)on1. The maximum Gasteiger partial charge on any atom is 0.275 e. The number of hydrogen-bond acceptors (Lipinski definition) is 5. The number of carbonyl (C=O) groups is 1. The number of aromatic nitrogens is 1. The molecule has 0 bridgehead atoms. The third kappa shape index (κ3) is 2.60. The number of likely N-dealkylation sites (N-methyl/N-ethyl adjacent to an activating group) is 1. The summed E-state index contributed by atoms with van der Waals surface area (Å²) in [6.07, 6.45) is 3.72. The van der Waals surface area contributed by atoms with Gasteiger partial charge in [0.1, 0.15) is 0 Å². The van der Waals surface area contributed by atoms with E-state index in [1.807, 2.05) is 0 Å². The molecule has 0 spiro atoms. The van der Waals surface area contributed by atoms with Crippen LogP contribution in [0.25, 0.3) is 11.5 Å². The third-order valence-electron chi connectivity index (χ3n) is 3.34. The lowest BCUT2D eigenvalue weighted by molar-refractivity contribution is 0.0579. The molecule has 1 saturated heterocycles. The van der Waals surface area contributed by atoms with Crippen LogP contribution in [0.15, 0.2) is 33.4 Å². The zero-order valence-corrected chi connectivity index (χ0v) is 11.2. The van der Waals surface area contributed by atoms with Crippen LogP contribution in [0.2, 0.25) is 0 Å². The summed E-state index contributed by atoms with van der Waals surface area (Å²) in [6, 6.07) is 5.10. The molecule has 0 saturated carbocycles. The number of ether oxygens (including phenoxy) is 1. The second kappa shape index (κ2) is 5.50. The average molecular weight is 276 g/mol. The molecule has 0 N–H and O–H groups in total. The van der Waals surface area contributed by atoms with Gasteiger partial charge < -0.3 is 18.6 Å². The molecule has 1 fully saturated rings. The Balaban J connectivity index is 1.67. The van der Waals surface area contributed by atoms with Crippen LogP contribution in [0.3, 0.4) is 0 Å². The van der Waals surface area contributed by atoms with Crippen molar-refractivity contribution in [1.29, 1.82) is 0 Å². The lowest BCUT2D eigenvalue weighted by Crippen LogP contribution is -2.34. The predicted molar refractivity (Wildman–Crippen MR) is 70.1 cm³/mol. The highest BCUT2D eigenvalue weighted by atomic mass is 16.5. The van der Waals surface area contributed by atoms with Crippen molar-refractivity contribution in [2.45, 2.75) is 18.9 Å². The molecule has 0 unspecified atom stereocenters. The van der Waals surface area contributed by atoms with Gasteiger partial charge in [-0.05, 0) is 25.0 Å². The summed E-state index contributed by atoms with van der Waals surface area (Å²) >= 11 is 0. The minimum absolute atomic E-state index is 0.125. The Kier molecular flexibility index (Phi) is 3.56. The first-order valence-corrected chi connectivity index (χ1v) is 6.61. The molecular weight excluding hydrogens is 260 g/mol. The van der Waals surface area contributed by atoms with E-state index in [0.717, 1.165) is 19.4 Å². The third-order valence-corrected chi connectivity index (χ3v) is 3.34. The topological polar surface area (TPSA) is 68.7 Å². The van der Waals surface area contributed by atoms with Gasteiger partial charge in [0.25, 0.3) is 5.91 Å². The van der Waals surface area contributed by atoms with Crippen molar-refractivity contribution in [3.05, 3.63) is 30.2 Å². The van der Waals surface area contributed by atoms with E-state index in [1.165, 1.54) is 0 Å². The fraction of sp³-hybridized carbons (Fsp3) is 0.429. The molecule has 6 heteroatoms. The Bertz CT molecular complexity index is 570. The Hall–Kier alpha value is -2.08. The summed E-state index contributed by atoms with van der Waals surface area (Å²) in [4.78, 5) is 13.8. The maximum absolute atomic E-state index is 12.2. The summed E-state index contributed by atoms with van der Waals surface area (Å²) in [5, 5.41) is 3.80. The fourth-order valence-electron chi connectivity index (χ4n) is 2.28. The average Bonchev–Trinajstić information content (AvgIpc) is 3.18. The summed E-state index contributed by atoms with van der Waals surface area (Å²) in [5.74, 6) is 0.823. The molecule has 1 amide bonds. The fourth-order valence-corrected chi connectivity index (χ4v) is 2.28. The van der Waals surface area contributed by atoms with Gasteiger partial charge in [-0.2, -0.15) is 0 Å². The van der Waals surface area contributed by atoms with Gasteiger partial charge in [-0.15, -0.1) is 0 Å². The predicted octanol–water partition coefficient (Wildman–Crippen LogP) is 2.19. The maximum atomic E-state index is 12.2. The molecule has 3 heterocycles. The molecule has 1 aliphatic rings.